The van der Waals surface area contributed by atoms with Crippen molar-refractivity contribution in [3.63, 3.8) is 0 Å². The second-order valence-electron chi connectivity index (χ2n) is 5.37. The Labute approximate surface area is 138 Å². The molecule has 0 fully saturated rings. The van der Waals surface area contributed by atoms with Crippen molar-refractivity contribution < 1.29 is 13.7 Å². The van der Waals surface area contributed by atoms with Crippen molar-refractivity contribution in [1.29, 1.82) is 0 Å². The van der Waals surface area contributed by atoms with E-state index in [1.807, 2.05) is 31.2 Å². The summed E-state index contributed by atoms with van der Waals surface area (Å²) in [6, 6.07) is 13.9. The van der Waals surface area contributed by atoms with Crippen LogP contribution in [0.15, 0.2) is 53.1 Å². The van der Waals surface area contributed by atoms with Gasteiger partial charge in [0.1, 0.15) is 5.82 Å². The summed E-state index contributed by atoms with van der Waals surface area (Å²) in [6.07, 6.45) is -0.0362. The van der Waals surface area contributed by atoms with Crippen LogP contribution in [0.5, 0.6) is 0 Å². The van der Waals surface area contributed by atoms with Gasteiger partial charge < -0.3 is 9.84 Å². The van der Waals surface area contributed by atoms with Gasteiger partial charge in [0.05, 0.1) is 13.0 Å². The Morgan fingerprint density at radius 2 is 1.92 bits per heavy atom. The summed E-state index contributed by atoms with van der Waals surface area (Å²) in [5.74, 6) is 0.0737. The number of benzene rings is 2. The van der Waals surface area contributed by atoms with E-state index in [0.717, 1.165) is 11.1 Å². The molecule has 0 bridgehead atoms. The van der Waals surface area contributed by atoms with Gasteiger partial charge in [0.2, 0.25) is 17.6 Å². The molecule has 5 nitrogen and oxygen atoms in total. The van der Waals surface area contributed by atoms with Gasteiger partial charge in [-0.1, -0.05) is 47.6 Å². The van der Waals surface area contributed by atoms with Crippen molar-refractivity contribution in [3.8, 4) is 11.4 Å². The predicted octanol–water partition coefficient (Wildman–Crippen LogP) is 3.04. The number of carbonyl (C=O) groups excluding carboxylic acids is 1. The van der Waals surface area contributed by atoms with Crippen LogP contribution in [0.25, 0.3) is 11.4 Å². The lowest BCUT2D eigenvalue weighted by Crippen LogP contribution is -2.25. The Bertz CT molecular complexity index is 861. The molecular weight excluding hydrogens is 309 g/mol. The summed E-state index contributed by atoms with van der Waals surface area (Å²) in [5, 5.41) is 6.58. The summed E-state index contributed by atoms with van der Waals surface area (Å²) in [5.41, 5.74) is 2.26. The number of amides is 1. The molecule has 0 unspecified atom stereocenters. The fourth-order valence-electron chi connectivity index (χ4n) is 2.31. The number of nitrogens with zero attached hydrogens (tertiary/aromatic N) is 2. The van der Waals surface area contributed by atoms with Gasteiger partial charge in [-0.3, -0.25) is 4.79 Å². The summed E-state index contributed by atoms with van der Waals surface area (Å²) in [6.45, 7) is 2.06. The molecule has 2 aromatic carbocycles. The number of nitrogens with one attached hydrogen (secondary N) is 1. The number of carbonyl (C=O) groups is 1. The van der Waals surface area contributed by atoms with E-state index in [-0.39, 0.29) is 18.9 Å². The van der Waals surface area contributed by atoms with Crippen molar-refractivity contribution in [2.45, 2.75) is 19.9 Å². The van der Waals surface area contributed by atoms with Crippen molar-refractivity contribution >= 4 is 5.91 Å². The molecule has 0 atom stereocenters. The second kappa shape index (κ2) is 7.04. The Morgan fingerprint density at radius 1 is 1.17 bits per heavy atom. The van der Waals surface area contributed by atoms with Gasteiger partial charge in [-0.2, -0.15) is 4.98 Å². The molecule has 0 radical (unpaired) electrons. The van der Waals surface area contributed by atoms with E-state index < -0.39 is 5.82 Å². The summed E-state index contributed by atoms with van der Waals surface area (Å²) < 4.78 is 18.7. The summed E-state index contributed by atoms with van der Waals surface area (Å²) >= 11 is 0. The fraction of sp³-hybridized carbons (Fsp3) is 0.167. The van der Waals surface area contributed by atoms with Gasteiger partial charge in [-0.25, -0.2) is 4.39 Å². The molecule has 1 aromatic heterocycles. The van der Waals surface area contributed by atoms with Crippen LogP contribution in [0.3, 0.4) is 0 Å². The SMILES string of the molecule is Cc1ccccc1-c1noc(CNC(=O)Cc2ccccc2F)n1. The lowest BCUT2D eigenvalue weighted by molar-refractivity contribution is -0.120. The maximum Gasteiger partial charge on any atom is 0.246 e. The molecule has 1 heterocycles. The molecule has 0 saturated heterocycles. The molecule has 1 N–H and O–H groups in total. The third-order valence-corrected chi connectivity index (χ3v) is 3.60. The minimum atomic E-state index is -0.396. The van der Waals surface area contributed by atoms with E-state index in [1.54, 1.807) is 18.2 Å². The largest absolute Gasteiger partial charge is 0.347 e. The first-order valence-electron chi connectivity index (χ1n) is 7.52. The zero-order valence-corrected chi connectivity index (χ0v) is 13.1. The lowest BCUT2D eigenvalue weighted by atomic mass is 10.1. The number of hydrogen-bond acceptors (Lipinski definition) is 4. The van der Waals surface area contributed by atoms with Crippen LogP contribution in [0, 0.1) is 12.7 Å². The van der Waals surface area contributed by atoms with Gasteiger partial charge in [0.25, 0.3) is 0 Å². The number of hydrogen-bond donors (Lipinski definition) is 1. The quantitative estimate of drug-likeness (QED) is 0.783. The maximum absolute atomic E-state index is 13.5. The van der Waals surface area contributed by atoms with Gasteiger partial charge in [-0.05, 0) is 24.1 Å². The van der Waals surface area contributed by atoms with Crippen LogP contribution < -0.4 is 5.32 Å². The molecule has 0 aliphatic rings. The standard InChI is InChI=1S/C18H16FN3O2/c1-12-6-2-4-8-14(12)18-21-17(24-22-18)11-20-16(23)10-13-7-3-5-9-15(13)19/h2-9H,10-11H2,1H3,(H,20,23). The number of rotatable bonds is 5. The molecule has 0 aliphatic carbocycles. The first-order valence-corrected chi connectivity index (χ1v) is 7.52. The van der Waals surface area contributed by atoms with E-state index in [2.05, 4.69) is 15.5 Å². The minimum absolute atomic E-state index is 0.0362. The van der Waals surface area contributed by atoms with E-state index in [9.17, 15) is 9.18 Å². The van der Waals surface area contributed by atoms with Gasteiger partial charge in [0.15, 0.2) is 0 Å². The van der Waals surface area contributed by atoms with E-state index in [4.69, 9.17) is 4.52 Å². The minimum Gasteiger partial charge on any atom is -0.347 e. The fourth-order valence-corrected chi connectivity index (χ4v) is 2.31. The normalized spacial score (nSPS) is 10.6. The molecule has 122 valence electrons. The molecule has 1 amide bonds. The molecule has 0 saturated carbocycles. The van der Waals surface area contributed by atoms with Crippen LogP contribution in [-0.4, -0.2) is 16.0 Å². The van der Waals surface area contributed by atoms with Crippen molar-refractivity contribution in [1.82, 2.24) is 15.5 Å². The van der Waals surface area contributed by atoms with Gasteiger partial charge in [-0.15, -0.1) is 0 Å². The zero-order valence-electron chi connectivity index (χ0n) is 13.1. The average Bonchev–Trinajstić information content (AvgIpc) is 3.04. The highest BCUT2D eigenvalue weighted by atomic mass is 19.1. The number of aryl methyl sites for hydroxylation is 1. The van der Waals surface area contributed by atoms with Crippen molar-refractivity contribution in [2.75, 3.05) is 0 Å². The van der Waals surface area contributed by atoms with Crippen LogP contribution >= 0.6 is 0 Å². The summed E-state index contributed by atoms with van der Waals surface area (Å²) in [4.78, 5) is 16.2. The maximum atomic E-state index is 13.5. The Balaban J connectivity index is 1.61. The highest BCUT2D eigenvalue weighted by molar-refractivity contribution is 5.78. The molecule has 6 heteroatoms. The van der Waals surface area contributed by atoms with Crippen molar-refractivity contribution in [2.24, 2.45) is 0 Å². The Hall–Kier alpha value is -3.02. The highest BCUT2D eigenvalue weighted by Gasteiger charge is 2.12. The van der Waals surface area contributed by atoms with Gasteiger partial charge in [0, 0.05) is 5.56 Å². The second-order valence-corrected chi connectivity index (χ2v) is 5.37. The van der Waals surface area contributed by atoms with E-state index in [0.29, 0.717) is 17.3 Å². The first kappa shape index (κ1) is 15.9. The van der Waals surface area contributed by atoms with Gasteiger partial charge >= 0.3 is 0 Å². The zero-order chi connectivity index (χ0) is 16.9. The Morgan fingerprint density at radius 3 is 2.71 bits per heavy atom. The summed E-state index contributed by atoms with van der Waals surface area (Å²) in [7, 11) is 0. The van der Waals surface area contributed by atoms with Crippen LogP contribution in [-0.2, 0) is 17.8 Å². The predicted molar refractivity (Wildman–Crippen MR) is 86.4 cm³/mol. The Kier molecular flexibility index (Phi) is 4.65. The van der Waals surface area contributed by atoms with Crippen molar-refractivity contribution in [3.05, 3.63) is 71.4 Å². The van der Waals surface area contributed by atoms with Crippen LogP contribution in [0.4, 0.5) is 4.39 Å². The smallest absolute Gasteiger partial charge is 0.246 e. The van der Waals surface area contributed by atoms with Crippen LogP contribution in [0.2, 0.25) is 0 Å². The third kappa shape index (κ3) is 3.65. The first-order chi connectivity index (χ1) is 11.6. The molecule has 0 aliphatic heterocycles. The number of halogens is 1. The topological polar surface area (TPSA) is 68.0 Å². The monoisotopic (exact) mass is 325 g/mol. The molecule has 3 aromatic rings. The highest BCUT2D eigenvalue weighted by Crippen LogP contribution is 2.19. The van der Waals surface area contributed by atoms with E-state index >= 15 is 0 Å². The lowest BCUT2D eigenvalue weighted by Gasteiger charge is -2.03. The molecular formula is C18H16FN3O2. The molecule has 0 spiro atoms. The molecule has 3 rings (SSSR count). The average molecular weight is 325 g/mol. The van der Waals surface area contributed by atoms with E-state index in [1.165, 1.54) is 6.07 Å². The van der Waals surface area contributed by atoms with Crippen LogP contribution in [0.1, 0.15) is 17.0 Å². The molecule has 24 heavy (non-hydrogen) atoms. The number of aromatic nitrogens is 2. The third-order valence-electron chi connectivity index (χ3n) is 3.60.